The van der Waals surface area contributed by atoms with Crippen molar-refractivity contribution < 1.29 is 35.9 Å². The van der Waals surface area contributed by atoms with Crippen LogP contribution in [-0.4, -0.2) is 83.1 Å². The Morgan fingerprint density at radius 1 is 1.03 bits per heavy atom. The van der Waals surface area contributed by atoms with E-state index >= 15 is 0 Å². The van der Waals surface area contributed by atoms with Gasteiger partial charge in [0, 0.05) is 11.8 Å². The number of hydrogen-bond acceptors (Lipinski definition) is 7. The smallest absolute Gasteiger partial charge is 0.292 e. The second-order valence-electron chi connectivity index (χ2n) is 8.45. The van der Waals surface area contributed by atoms with Crippen molar-refractivity contribution in [1.29, 1.82) is 0 Å². The molecule has 1 aliphatic heterocycles. The Hall–Kier alpha value is -3.45. The average Bonchev–Trinajstić information content (AvgIpc) is 2.80. The van der Waals surface area contributed by atoms with Crippen molar-refractivity contribution in [3.8, 4) is 22.8 Å². The van der Waals surface area contributed by atoms with Gasteiger partial charge in [0.1, 0.15) is 17.3 Å². The van der Waals surface area contributed by atoms with E-state index in [1.807, 2.05) is 29.2 Å². The third kappa shape index (κ3) is 8.37. The summed E-state index contributed by atoms with van der Waals surface area (Å²) in [7, 11) is -0.579. The van der Waals surface area contributed by atoms with E-state index < -0.39 is 10.4 Å². The van der Waals surface area contributed by atoms with Gasteiger partial charge in [-0.25, -0.2) is 22.8 Å². The number of aromatic nitrogens is 2. The van der Waals surface area contributed by atoms with Gasteiger partial charge in [0.25, 0.3) is 5.91 Å². The number of nitrogens with zero attached hydrogens (tertiary/aromatic N) is 4. The minimum absolute atomic E-state index is 0.132. The van der Waals surface area contributed by atoms with Gasteiger partial charge in [0.15, 0.2) is 0 Å². The van der Waals surface area contributed by atoms with Crippen LogP contribution in [0.5, 0.6) is 11.5 Å². The Morgan fingerprint density at radius 2 is 1.54 bits per heavy atom. The molecule has 0 bridgehead atoms. The molecule has 12 heteroatoms. The third-order valence-electron chi connectivity index (χ3n) is 5.28. The molecule has 0 aliphatic carbocycles. The lowest BCUT2D eigenvalue weighted by Gasteiger charge is -2.38. The van der Waals surface area contributed by atoms with Crippen molar-refractivity contribution in [3.63, 3.8) is 0 Å². The Balaban J connectivity index is 0.000000623. The molecule has 1 aliphatic rings. The van der Waals surface area contributed by atoms with E-state index in [2.05, 4.69) is 24.1 Å². The zero-order valence-corrected chi connectivity index (χ0v) is 20.0. The van der Waals surface area contributed by atoms with Gasteiger partial charge < -0.3 is 18.7 Å². The van der Waals surface area contributed by atoms with Crippen molar-refractivity contribution in [1.82, 2.24) is 14.9 Å². The number of likely N-dealkylation sites (N-methyl/N-ethyl adjacent to an activating group) is 1. The molecule has 0 spiro atoms. The van der Waals surface area contributed by atoms with Gasteiger partial charge in [0.05, 0.1) is 46.0 Å². The first-order chi connectivity index (χ1) is 16.4. The molecule has 1 saturated heterocycles. The first kappa shape index (κ1) is 26.2. The highest BCUT2D eigenvalue weighted by atomic mass is 32.3. The molecule has 1 amide bonds. The van der Waals surface area contributed by atoms with Crippen LogP contribution >= 0.6 is 0 Å². The summed E-state index contributed by atoms with van der Waals surface area (Å²) in [6, 6.07) is 15.0. The molecule has 1 fully saturated rings. The van der Waals surface area contributed by atoms with Crippen molar-refractivity contribution in [2.45, 2.75) is 0 Å². The molecule has 10 nitrogen and oxygen atoms in total. The second-order valence-corrected chi connectivity index (χ2v) is 9.30. The average molecular weight is 505 g/mol. The minimum Gasteiger partial charge on any atom is -0.726 e. The molecule has 2 aromatic carbocycles. The van der Waals surface area contributed by atoms with Crippen LogP contribution in [0.15, 0.2) is 60.8 Å². The van der Waals surface area contributed by atoms with Gasteiger partial charge in [-0.2, -0.15) is 0 Å². The van der Waals surface area contributed by atoms with Crippen LogP contribution in [0.25, 0.3) is 11.3 Å². The largest absolute Gasteiger partial charge is 0.726 e. The summed E-state index contributed by atoms with van der Waals surface area (Å²) < 4.78 is 52.5. The van der Waals surface area contributed by atoms with Gasteiger partial charge in [0.2, 0.25) is 16.2 Å². The lowest BCUT2D eigenvalue weighted by atomic mass is 10.1. The van der Waals surface area contributed by atoms with E-state index in [1.165, 1.54) is 12.1 Å². The normalized spacial score (nSPS) is 15.1. The van der Waals surface area contributed by atoms with Gasteiger partial charge in [-0.15, -0.1) is 0 Å². The molecular formula is C23H25FN4O6S. The molecule has 1 N–H and O–H groups in total. The molecule has 2 heterocycles. The molecule has 1 aromatic heterocycles. The van der Waals surface area contributed by atoms with Crippen LogP contribution in [0.4, 0.5) is 4.39 Å². The van der Waals surface area contributed by atoms with E-state index in [0.29, 0.717) is 30.3 Å². The number of hydrogen-bond donors (Lipinski definition) is 1. The zero-order chi connectivity index (χ0) is 25.6. The summed E-state index contributed by atoms with van der Waals surface area (Å²) in [5.74, 6) is 0.963. The Morgan fingerprint density at radius 3 is 2.09 bits per heavy atom. The fourth-order valence-corrected chi connectivity index (χ4v) is 3.31. The Bertz CT molecular complexity index is 1250. The minimum atomic E-state index is -4.92. The Labute approximate surface area is 202 Å². The number of carbonyl (C=O) groups excluding carboxylic acids is 1. The van der Waals surface area contributed by atoms with Crippen LogP contribution in [-0.2, 0) is 10.4 Å². The molecule has 3 aromatic rings. The van der Waals surface area contributed by atoms with Gasteiger partial charge in [-0.05, 0) is 54.6 Å². The second kappa shape index (κ2) is 10.9. The maximum absolute atomic E-state index is 13.0. The van der Waals surface area contributed by atoms with Crippen LogP contribution in [0.3, 0.4) is 0 Å². The topological polar surface area (TPSA) is 133 Å². The van der Waals surface area contributed by atoms with Crippen LogP contribution in [0.1, 0.15) is 10.6 Å². The Kier molecular flexibility index (Phi) is 8.12. The number of halogens is 1. The summed E-state index contributed by atoms with van der Waals surface area (Å²) in [5.41, 5.74) is 1.53. The first-order valence-electron chi connectivity index (χ1n) is 10.6. The van der Waals surface area contributed by atoms with Gasteiger partial charge >= 0.3 is 0 Å². The number of ether oxygens (including phenoxy) is 1. The molecule has 186 valence electrons. The number of carbonyl (C=O) groups is 1. The van der Waals surface area contributed by atoms with E-state index in [4.69, 9.17) is 22.3 Å². The maximum atomic E-state index is 13.0. The summed E-state index contributed by atoms with van der Waals surface area (Å²) in [6.45, 7) is 3.24. The lowest BCUT2D eigenvalue weighted by molar-refractivity contribution is -0.894. The molecule has 0 unspecified atom stereocenters. The SMILES string of the molecule is C[N+]1(C)CCN(C(=O)c2nccc(-c3ccc(Oc4ccc(F)cc4)cc3)n2)CC1.O=S(=O)([O-])O. The fraction of sp³-hybridized carbons (Fsp3) is 0.261. The monoisotopic (exact) mass is 504 g/mol. The number of benzene rings is 2. The fourth-order valence-electron chi connectivity index (χ4n) is 3.31. The molecule has 4 rings (SSSR count). The predicted octanol–water partition coefficient (Wildman–Crippen LogP) is 2.61. The van der Waals surface area contributed by atoms with Crippen molar-refractivity contribution in [2.75, 3.05) is 40.3 Å². The molecular weight excluding hydrogens is 479 g/mol. The maximum Gasteiger partial charge on any atom is 0.292 e. The first-order valence-corrected chi connectivity index (χ1v) is 11.9. The van der Waals surface area contributed by atoms with Crippen LogP contribution in [0, 0.1) is 5.82 Å². The van der Waals surface area contributed by atoms with E-state index in [9.17, 15) is 9.18 Å². The predicted molar refractivity (Wildman–Crippen MR) is 124 cm³/mol. The van der Waals surface area contributed by atoms with Crippen molar-refractivity contribution >= 4 is 16.3 Å². The van der Waals surface area contributed by atoms with Crippen LogP contribution < -0.4 is 4.74 Å². The zero-order valence-electron chi connectivity index (χ0n) is 19.2. The van der Waals surface area contributed by atoms with Crippen LogP contribution in [0.2, 0.25) is 0 Å². The quantitative estimate of drug-likeness (QED) is 0.326. The number of amides is 1. The molecule has 0 atom stereocenters. The van der Waals surface area contributed by atoms with Gasteiger partial charge in [-0.3, -0.25) is 9.35 Å². The van der Waals surface area contributed by atoms with Crippen molar-refractivity contribution in [2.24, 2.45) is 0 Å². The molecule has 35 heavy (non-hydrogen) atoms. The highest BCUT2D eigenvalue weighted by molar-refractivity contribution is 7.79. The number of rotatable bonds is 4. The highest BCUT2D eigenvalue weighted by Crippen LogP contribution is 2.25. The van der Waals surface area contributed by atoms with E-state index in [-0.39, 0.29) is 17.5 Å². The van der Waals surface area contributed by atoms with Crippen molar-refractivity contribution in [3.05, 3.63) is 72.4 Å². The molecule has 0 radical (unpaired) electrons. The standard InChI is InChI=1S/C23H24FN4O2.H2O4S/c1-28(2)15-13-27(14-16-28)23(29)22-25-12-11-21(26-22)17-3-7-19(8-4-17)30-20-9-5-18(24)6-10-20;1-5(2,3)4/h3-12H,13-16H2,1-2H3;(H2,1,2,3,4)/q+1;/p-1. The van der Waals surface area contributed by atoms with E-state index in [1.54, 1.807) is 24.4 Å². The third-order valence-corrected chi connectivity index (χ3v) is 5.28. The number of piperazine rings is 1. The summed E-state index contributed by atoms with van der Waals surface area (Å²) in [4.78, 5) is 23.3. The van der Waals surface area contributed by atoms with Gasteiger partial charge in [-0.1, -0.05) is 0 Å². The van der Waals surface area contributed by atoms with E-state index in [0.717, 1.165) is 23.1 Å². The number of quaternary nitrogens is 1. The lowest BCUT2D eigenvalue weighted by Crippen LogP contribution is -2.56. The summed E-state index contributed by atoms with van der Waals surface area (Å²) in [6.07, 6.45) is 1.61. The highest BCUT2D eigenvalue weighted by Gasteiger charge is 2.29. The molecule has 0 saturated carbocycles. The summed E-state index contributed by atoms with van der Waals surface area (Å²) in [5, 5.41) is 0. The summed E-state index contributed by atoms with van der Waals surface area (Å²) >= 11 is 0.